The summed E-state index contributed by atoms with van der Waals surface area (Å²) < 4.78 is 22.5. The summed E-state index contributed by atoms with van der Waals surface area (Å²) in [6.07, 6.45) is 1.43. The third-order valence-corrected chi connectivity index (χ3v) is 5.13. The second kappa shape index (κ2) is 12.6. The summed E-state index contributed by atoms with van der Waals surface area (Å²) in [4.78, 5) is 24.5. The standard InChI is InChI=1S/C23H24ClIO6/c1-4-28-20-13-15(11-17(22(26)29-5-2)23(27)30-6-3)12-19(25)21(20)31-14-16-9-7-8-10-18(16)24/h7-13H,4-6,14H2,1-3H3. The van der Waals surface area contributed by atoms with Crippen molar-refractivity contribution >= 4 is 52.2 Å². The molecule has 0 spiro atoms. The molecule has 0 N–H and O–H groups in total. The van der Waals surface area contributed by atoms with Crippen LogP contribution in [-0.4, -0.2) is 31.8 Å². The number of benzene rings is 2. The van der Waals surface area contributed by atoms with Gasteiger partial charge >= 0.3 is 11.9 Å². The summed E-state index contributed by atoms with van der Waals surface area (Å²) in [6.45, 7) is 6.16. The number of hydrogen-bond donors (Lipinski definition) is 0. The number of ether oxygens (including phenoxy) is 4. The molecule has 6 nitrogen and oxygen atoms in total. The highest BCUT2D eigenvalue weighted by Crippen LogP contribution is 2.36. The molecule has 0 fully saturated rings. The third kappa shape index (κ3) is 7.14. The summed E-state index contributed by atoms with van der Waals surface area (Å²) in [6, 6.07) is 10.9. The van der Waals surface area contributed by atoms with E-state index in [1.165, 1.54) is 6.08 Å². The second-order valence-corrected chi connectivity index (χ2v) is 7.71. The van der Waals surface area contributed by atoms with Crippen molar-refractivity contribution in [3.8, 4) is 11.5 Å². The van der Waals surface area contributed by atoms with E-state index in [9.17, 15) is 9.59 Å². The quantitative estimate of drug-likeness (QED) is 0.127. The van der Waals surface area contributed by atoms with Crippen LogP contribution < -0.4 is 9.47 Å². The van der Waals surface area contributed by atoms with Crippen LogP contribution in [0.25, 0.3) is 6.08 Å². The molecule has 0 amide bonds. The van der Waals surface area contributed by atoms with Gasteiger partial charge in [0.1, 0.15) is 12.2 Å². The van der Waals surface area contributed by atoms with E-state index in [2.05, 4.69) is 22.6 Å². The number of halogens is 2. The lowest BCUT2D eigenvalue weighted by molar-refractivity contribution is -0.146. The maximum absolute atomic E-state index is 12.3. The average molecular weight is 559 g/mol. The second-order valence-electron chi connectivity index (χ2n) is 6.14. The van der Waals surface area contributed by atoms with Gasteiger partial charge in [0.25, 0.3) is 0 Å². The number of esters is 2. The Morgan fingerprint density at radius 3 is 2.19 bits per heavy atom. The number of carbonyl (C=O) groups is 2. The summed E-state index contributed by atoms with van der Waals surface area (Å²) >= 11 is 8.33. The topological polar surface area (TPSA) is 71.1 Å². The Morgan fingerprint density at radius 2 is 1.61 bits per heavy atom. The zero-order valence-electron chi connectivity index (χ0n) is 17.6. The Balaban J connectivity index is 2.40. The van der Waals surface area contributed by atoms with Crippen molar-refractivity contribution in [1.82, 2.24) is 0 Å². The molecule has 2 aromatic carbocycles. The summed E-state index contributed by atoms with van der Waals surface area (Å²) in [5.74, 6) is -0.450. The Kier molecular flexibility index (Phi) is 10.1. The molecule has 166 valence electrons. The molecule has 0 aliphatic rings. The lowest BCUT2D eigenvalue weighted by Gasteiger charge is -2.15. The minimum atomic E-state index is -0.743. The summed E-state index contributed by atoms with van der Waals surface area (Å²) in [5.41, 5.74) is 1.24. The largest absolute Gasteiger partial charge is 0.490 e. The molecule has 0 unspecified atom stereocenters. The number of rotatable bonds is 10. The lowest BCUT2D eigenvalue weighted by atomic mass is 10.1. The molecule has 31 heavy (non-hydrogen) atoms. The van der Waals surface area contributed by atoms with Crippen LogP contribution in [0, 0.1) is 3.57 Å². The van der Waals surface area contributed by atoms with Crippen molar-refractivity contribution in [2.75, 3.05) is 19.8 Å². The van der Waals surface area contributed by atoms with Crippen molar-refractivity contribution in [2.24, 2.45) is 0 Å². The maximum Gasteiger partial charge on any atom is 0.345 e. The van der Waals surface area contributed by atoms with Gasteiger partial charge in [-0.25, -0.2) is 9.59 Å². The monoisotopic (exact) mass is 558 g/mol. The molecule has 2 rings (SSSR count). The summed E-state index contributed by atoms with van der Waals surface area (Å²) in [5, 5.41) is 0.614. The van der Waals surface area contributed by atoms with Crippen LogP contribution >= 0.6 is 34.2 Å². The molecule has 0 saturated heterocycles. The molecule has 0 aromatic heterocycles. The van der Waals surface area contributed by atoms with Crippen molar-refractivity contribution in [3.63, 3.8) is 0 Å². The Morgan fingerprint density at radius 1 is 0.968 bits per heavy atom. The molecule has 2 aromatic rings. The van der Waals surface area contributed by atoms with E-state index in [-0.39, 0.29) is 25.4 Å². The molecule has 0 bridgehead atoms. The average Bonchev–Trinajstić information content (AvgIpc) is 2.73. The van der Waals surface area contributed by atoms with Gasteiger partial charge in [0.05, 0.1) is 23.4 Å². The SMILES string of the molecule is CCOC(=O)C(=Cc1cc(I)c(OCc2ccccc2Cl)c(OCC)c1)C(=O)OCC. The van der Waals surface area contributed by atoms with E-state index in [0.717, 1.165) is 9.13 Å². The van der Waals surface area contributed by atoms with Gasteiger partial charge in [-0.15, -0.1) is 0 Å². The first kappa shape index (κ1) is 25.0. The van der Waals surface area contributed by atoms with Crippen LogP contribution in [0.15, 0.2) is 42.0 Å². The predicted molar refractivity (Wildman–Crippen MR) is 127 cm³/mol. The predicted octanol–water partition coefficient (Wildman–Crippen LogP) is 5.43. The van der Waals surface area contributed by atoms with E-state index in [4.69, 9.17) is 30.5 Å². The molecular formula is C23H24ClIO6. The number of carbonyl (C=O) groups excluding carboxylic acids is 2. The molecule has 0 saturated carbocycles. The highest BCUT2D eigenvalue weighted by atomic mass is 127. The fourth-order valence-electron chi connectivity index (χ4n) is 2.63. The van der Waals surface area contributed by atoms with Gasteiger partial charge in [0.2, 0.25) is 0 Å². The molecule has 0 atom stereocenters. The zero-order valence-corrected chi connectivity index (χ0v) is 20.5. The van der Waals surface area contributed by atoms with E-state index in [1.54, 1.807) is 32.0 Å². The van der Waals surface area contributed by atoms with E-state index in [1.807, 2.05) is 25.1 Å². The minimum absolute atomic E-state index is 0.145. The Labute approximate surface area is 200 Å². The zero-order chi connectivity index (χ0) is 22.8. The highest BCUT2D eigenvalue weighted by Gasteiger charge is 2.22. The molecule has 0 radical (unpaired) electrons. The van der Waals surface area contributed by atoms with Gasteiger partial charge in [-0.2, -0.15) is 0 Å². The maximum atomic E-state index is 12.3. The van der Waals surface area contributed by atoms with Crippen molar-refractivity contribution in [1.29, 1.82) is 0 Å². The van der Waals surface area contributed by atoms with Crippen LogP contribution in [0.5, 0.6) is 11.5 Å². The van der Waals surface area contributed by atoms with Crippen molar-refractivity contribution < 1.29 is 28.5 Å². The van der Waals surface area contributed by atoms with Gasteiger partial charge < -0.3 is 18.9 Å². The van der Waals surface area contributed by atoms with E-state index in [0.29, 0.717) is 28.7 Å². The van der Waals surface area contributed by atoms with Gasteiger partial charge in [-0.05, 0) is 73.2 Å². The first-order valence-corrected chi connectivity index (χ1v) is 11.2. The lowest BCUT2D eigenvalue weighted by Crippen LogP contribution is -2.18. The first-order valence-electron chi connectivity index (χ1n) is 9.79. The minimum Gasteiger partial charge on any atom is -0.490 e. The Hall–Kier alpha value is -2.26. The van der Waals surface area contributed by atoms with Crippen molar-refractivity contribution in [3.05, 3.63) is 61.7 Å². The Bertz CT molecular complexity index is 937. The van der Waals surface area contributed by atoms with Gasteiger partial charge in [0, 0.05) is 10.6 Å². The molecular weight excluding hydrogens is 535 g/mol. The van der Waals surface area contributed by atoms with Crippen LogP contribution in [0.1, 0.15) is 31.9 Å². The van der Waals surface area contributed by atoms with E-state index >= 15 is 0 Å². The van der Waals surface area contributed by atoms with E-state index < -0.39 is 11.9 Å². The van der Waals surface area contributed by atoms with Crippen LogP contribution in [0.2, 0.25) is 5.02 Å². The van der Waals surface area contributed by atoms with Crippen LogP contribution in [0.4, 0.5) is 0 Å². The highest BCUT2D eigenvalue weighted by molar-refractivity contribution is 14.1. The molecule has 0 aliphatic carbocycles. The smallest absolute Gasteiger partial charge is 0.345 e. The molecule has 8 heteroatoms. The van der Waals surface area contributed by atoms with Gasteiger partial charge in [0.15, 0.2) is 11.5 Å². The molecule has 0 heterocycles. The third-order valence-electron chi connectivity index (χ3n) is 3.96. The number of hydrogen-bond acceptors (Lipinski definition) is 6. The van der Waals surface area contributed by atoms with Crippen LogP contribution in [-0.2, 0) is 25.7 Å². The van der Waals surface area contributed by atoms with Gasteiger partial charge in [-0.3, -0.25) is 0 Å². The molecule has 0 aliphatic heterocycles. The fraction of sp³-hybridized carbons (Fsp3) is 0.304. The normalized spacial score (nSPS) is 10.2. The van der Waals surface area contributed by atoms with Crippen molar-refractivity contribution in [2.45, 2.75) is 27.4 Å². The first-order chi connectivity index (χ1) is 14.9. The summed E-state index contributed by atoms with van der Waals surface area (Å²) in [7, 11) is 0. The van der Waals surface area contributed by atoms with Gasteiger partial charge in [-0.1, -0.05) is 29.8 Å². The fourth-order valence-corrected chi connectivity index (χ4v) is 3.60. The van der Waals surface area contributed by atoms with Crippen LogP contribution in [0.3, 0.4) is 0 Å².